The molecule has 4 heteroatoms. The Hall–Kier alpha value is -0.315. The van der Waals surface area contributed by atoms with Gasteiger partial charge in [-0.1, -0.05) is 39.7 Å². The highest BCUT2D eigenvalue weighted by Gasteiger charge is 2.53. The Morgan fingerprint density at radius 2 is 1.65 bits per heavy atom. The molecular formula is C16H31BO3. The molecule has 1 fully saturated rings. The van der Waals surface area contributed by atoms with Crippen molar-refractivity contribution in [2.24, 2.45) is 5.92 Å². The molecule has 1 unspecified atom stereocenters. The zero-order valence-electron chi connectivity index (χ0n) is 14.2. The molecule has 1 heterocycles. The van der Waals surface area contributed by atoms with E-state index in [1.807, 2.05) is 41.5 Å². The maximum atomic E-state index is 10.5. The Balaban J connectivity index is 2.93. The molecule has 1 saturated heterocycles. The summed E-state index contributed by atoms with van der Waals surface area (Å²) in [6.07, 6.45) is 4.82. The van der Waals surface area contributed by atoms with Crippen molar-refractivity contribution in [2.75, 3.05) is 0 Å². The molecule has 1 N–H and O–H groups in total. The van der Waals surface area contributed by atoms with Crippen LogP contribution in [0, 0.1) is 5.92 Å². The van der Waals surface area contributed by atoms with Crippen LogP contribution in [0.3, 0.4) is 0 Å². The van der Waals surface area contributed by atoms with E-state index in [1.54, 1.807) is 0 Å². The molecule has 3 nitrogen and oxygen atoms in total. The molecule has 0 aromatic heterocycles. The van der Waals surface area contributed by atoms with Gasteiger partial charge in [-0.25, -0.2) is 0 Å². The van der Waals surface area contributed by atoms with E-state index in [-0.39, 0.29) is 17.1 Å². The van der Waals surface area contributed by atoms with Gasteiger partial charge < -0.3 is 14.4 Å². The number of allylic oxidation sites excluding steroid dienone is 1. The number of hydrogen-bond acceptors (Lipinski definition) is 3. The van der Waals surface area contributed by atoms with E-state index in [9.17, 15) is 5.11 Å². The third-order valence-corrected chi connectivity index (χ3v) is 4.44. The van der Waals surface area contributed by atoms with Gasteiger partial charge in [-0.05, 0) is 45.5 Å². The Morgan fingerprint density at radius 3 is 2.05 bits per heavy atom. The quantitative estimate of drug-likeness (QED) is 0.595. The van der Waals surface area contributed by atoms with Crippen molar-refractivity contribution in [1.29, 1.82) is 0 Å². The average Bonchev–Trinajstić information content (AvgIpc) is 2.53. The van der Waals surface area contributed by atoms with Gasteiger partial charge in [-0.3, -0.25) is 0 Å². The van der Waals surface area contributed by atoms with Crippen molar-refractivity contribution < 1.29 is 14.4 Å². The van der Waals surface area contributed by atoms with Gasteiger partial charge in [-0.15, -0.1) is 0 Å². The maximum absolute atomic E-state index is 10.5. The summed E-state index contributed by atoms with van der Waals surface area (Å²) in [6.45, 7) is 14.4. The van der Waals surface area contributed by atoms with Crippen LogP contribution in [0.4, 0.5) is 0 Å². The lowest BCUT2D eigenvalue weighted by atomic mass is 9.71. The van der Waals surface area contributed by atoms with Gasteiger partial charge in [-0.2, -0.15) is 0 Å². The van der Waals surface area contributed by atoms with E-state index < -0.39 is 13.2 Å². The van der Waals surface area contributed by atoms with Gasteiger partial charge in [0.25, 0.3) is 0 Å². The molecule has 0 spiro atoms. The summed E-state index contributed by atoms with van der Waals surface area (Å²) in [4.78, 5) is 0. The summed E-state index contributed by atoms with van der Waals surface area (Å²) in [5, 5.41) is 10.5. The lowest BCUT2D eigenvalue weighted by molar-refractivity contribution is 0.00578. The number of aliphatic hydroxyl groups excluding tert-OH is 1. The first-order valence-corrected chi connectivity index (χ1v) is 7.86. The van der Waals surface area contributed by atoms with Gasteiger partial charge in [0, 0.05) is 0 Å². The van der Waals surface area contributed by atoms with Crippen molar-refractivity contribution in [2.45, 2.75) is 85.0 Å². The van der Waals surface area contributed by atoms with Crippen LogP contribution in [0.1, 0.15) is 67.7 Å². The van der Waals surface area contributed by atoms with E-state index in [1.165, 1.54) is 0 Å². The number of hydrogen-bond donors (Lipinski definition) is 1. The van der Waals surface area contributed by atoms with E-state index >= 15 is 0 Å². The van der Waals surface area contributed by atoms with Crippen LogP contribution < -0.4 is 0 Å². The lowest BCUT2D eigenvalue weighted by Crippen LogP contribution is -2.41. The van der Waals surface area contributed by atoms with Crippen LogP contribution in [0.15, 0.2) is 11.5 Å². The maximum Gasteiger partial charge on any atom is 0.492 e. The Kier molecular flexibility index (Phi) is 5.88. The molecular weight excluding hydrogens is 251 g/mol. The first-order valence-electron chi connectivity index (χ1n) is 7.86. The predicted octanol–water partition coefficient (Wildman–Crippen LogP) is 3.75. The van der Waals surface area contributed by atoms with Crippen molar-refractivity contribution in [3.05, 3.63) is 11.5 Å². The minimum absolute atomic E-state index is 0.155. The molecule has 0 bridgehead atoms. The lowest BCUT2D eigenvalue weighted by Gasteiger charge is -2.32. The van der Waals surface area contributed by atoms with Crippen molar-refractivity contribution in [1.82, 2.24) is 0 Å². The monoisotopic (exact) mass is 282 g/mol. The van der Waals surface area contributed by atoms with E-state index in [0.29, 0.717) is 0 Å². The minimum atomic E-state index is -0.512. The van der Waals surface area contributed by atoms with Gasteiger partial charge in [0.1, 0.15) is 0 Å². The highest BCUT2D eigenvalue weighted by molar-refractivity contribution is 6.55. The smallest absolute Gasteiger partial charge is 0.400 e. The van der Waals surface area contributed by atoms with Crippen LogP contribution >= 0.6 is 0 Å². The topological polar surface area (TPSA) is 38.7 Å². The Morgan fingerprint density at radius 1 is 1.15 bits per heavy atom. The fourth-order valence-corrected chi connectivity index (χ4v) is 2.19. The van der Waals surface area contributed by atoms with Crippen LogP contribution in [-0.4, -0.2) is 29.5 Å². The summed E-state index contributed by atoms with van der Waals surface area (Å²) < 4.78 is 12.2. The molecule has 116 valence electrons. The highest BCUT2D eigenvalue weighted by atomic mass is 16.7. The Bertz CT molecular complexity index is 332. The highest BCUT2D eigenvalue weighted by Crippen LogP contribution is 2.39. The molecule has 1 rings (SSSR count). The molecule has 0 amide bonds. The molecule has 0 aromatic rings. The van der Waals surface area contributed by atoms with Gasteiger partial charge in [0.2, 0.25) is 0 Å². The van der Waals surface area contributed by atoms with Gasteiger partial charge in [0.05, 0.1) is 17.3 Å². The van der Waals surface area contributed by atoms with Crippen LogP contribution in [-0.2, 0) is 9.31 Å². The average molecular weight is 282 g/mol. The Labute approximate surface area is 124 Å². The van der Waals surface area contributed by atoms with E-state index in [4.69, 9.17) is 9.31 Å². The van der Waals surface area contributed by atoms with Crippen molar-refractivity contribution in [3.8, 4) is 0 Å². The third kappa shape index (κ3) is 3.87. The summed E-state index contributed by atoms with van der Waals surface area (Å²) in [5.74, 6) is 0.155. The fourth-order valence-electron chi connectivity index (χ4n) is 2.19. The third-order valence-electron chi connectivity index (χ3n) is 4.44. The predicted molar refractivity (Wildman–Crippen MR) is 84.5 cm³/mol. The SMILES string of the molecule is CCCC/C=C(/B1OC(C)(C)C(C)(C)O1)C(O)C(C)C. The number of rotatable bonds is 6. The molecule has 0 saturated carbocycles. The van der Waals surface area contributed by atoms with E-state index in [0.717, 1.165) is 24.7 Å². The molecule has 1 aliphatic rings. The standard InChI is InChI=1S/C16H31BO3/c1-8-9-10-11-13(14(18)12(2)3)17-19-15(4,5)16(6,7)20-17/h11-12,14,18H,8-10H2,1-7H3/b13-11+. The molecule has 0 radical (unpaired) electrons. The molecule has 1 atom stereocenters. The first-order chi connectivity index (χ1) is 9.12. The number of unbranched alkanes of at least 4 members (excludes halogenated alkanes) is 2. The minimum Gasteiger partial charge on any atom is -0.400 e. The van der Waals surface area contributed by atoms with Crippen molar-refractivity contribution in [3.63, 3.8) is 0 Å². The normalized spacial score (nSPS) is 23.4. The zero-order valence-corrected chi connectivity index (χ0v) is 14.2. The fraction of sp³-hybridized carbons (Fsp3) is 0.875. The largest absolute Gasteiger partial charge is 0.492 e. The second kappa shape index (κ2) is 6.63. The summed E-state index contributed by atoms with van der Waals surface area (Å²) in [7, 11) is -0.436. The van der Waals surface area contributed by atoms with E-state index in [2.05, 4.69) is 13.0 Å². The molecule has 1 aliphatic heterocycles. The molecule has 20 heavy (non-hydrogen) atoms. The molecule has 0 aliphatic carbocycles. The number of aliphatic hydroxyl groups is 1. The second-order valence-electron chi connectivity index (χ2n) is 7.12. The molecule has 0 aromatic carbocycles. The van der Waals surface area contributed by atoms with Crippen molar-refractivity contribution >= 4 is 7.12 Å². The zero-order chi connectivity index (χ0) is 15.6. The van der Waals surface area contributed by atoms with Crippen LogP contribution in [0.2, 0.25) is 0 Å². The summed E-state index contributed by atoms with van der Waals surface area (Å²) >= 11 is 0. The first kappa shape index (κ1) is 17.7. The van der Waals surface area contributed by atoms with Crippen LogP contribution in [0.25, 0.3) is 0 Å². The second-order valence-corrected chi connectivity index (χ2v) is 7.12. The summed E-state index contributed by atoms with van der Waals surface area (Å²) in [6, 6.07) is 0. The summed E-state index contributed by atoms with van der Waals surface area (Å²) in [5.41, 5.74) is 0.156. The van der Waals surface area contributed by atoms with Gasteiger partial charge in [0.15, 0.2) is 0 Å². The van der Waals surface area contributed by atoms with Gasteiger partial charge >= 0.3 is 7.12 Å². The van der Waals surface area contributed by atoms with Crippen LogP contribution in [0.5, 0.6) is 0 Å².